The van der Waals surface area contributed by atoms with Gasteiger partial charge in [0.2, 0.25) is 11.8 Å². The molecular formula is C25H27N7O3. The molecule has 180 valence electrons. The molecule has 0 aliphatic carbocycles. The van der Waals surface area contributed by atoms with Gasteiger partial charge in [-0.3, -0.25) is 14.3 Å². The summed E-state index contributed by atoms with van der Waals surface area (Å²) in [4.78, 5) is 30.5. The van der Waals surface area contributed by atoms with Crippen molar-refractivity contribution in [3.63, 3.8) is 0 Å². The molecule has 4 heterocycles. The first-order valence-electron chi connectivity index (χ1n) is 11.5. The van der Waals surface area contributed by atoms with E-state index in [-0.39, 0.29) is 11.6 Å². The molecule has 3 aromatic heterocycles. The third kappa shape index (κ3) is 4.65. The number of aromatic nitrogens is 5. The fourth-order valence-corrected chi connectivity index (χ4v) is 4.32. The lowest BCUT2D eigenvalue weighted by Gasteiger charge is -2.42. The standard InChI is InChI=1S/C25H27N7O3/c1-17-15-31(20-6-4-19(5-7-20)24-28-22(16-34-3)35-29-24)12-13-32(17)25-27-21(14-23(33)30(25)2)18-8-10-26-11-9-18/h4-11,14,17H,12-13,15-16H2,1-3H3/t17-/m1/s1. The lowest BCUT2D eigenvalue weighted by Crippen LogP contribution is -2.53. The Morgan fingerprint density at radius 2 is 1.83 bits per heavy atom. The molecule has 5 rings (SSSR count). The van der Waals surface area contributed by atoms with Gasteiger partial charge in [0, 0.05) is 75.1 Å². The zero-order valence-corrected chi connectivity index (χ0v) is 20.0. The van der Waals surface area contributed by atoms with Crippen LogP contribution in [-0.4, -0.2) is 57.5 Å². The minimum Gasteiger partial charge on any atom is -0.375 e. The van der Waals surface area contributed by atoms with E-state index in [0.717, 1.165) is 36.4 Å². The largest absolute Gasteiger partial charge is 0.375 e. The summed E-state index contributed by atoms with van der Waals surface area (Å²) in [6, 6.07) is 13.6. The molecule has 10 nitrogen and oxygen atoms in total. The van der Waals surface area contributed by atoms with E-state index >= 15 is 0 Å². The maximum atomic E-state index is 12.7. The molecular weight excluding hydrogens is 446 g/mol. The van der Waals surface area contributed by atoms with Gasteiger partial charge in [-0.05, 0) is 43.3 Å². The zero-order valence-electron chi connectivity index (χ0n) is 20.0. The van der Waals surface area contributed by atoms with E-state index in [0.29, 0.717) is 30.0 Å². The van der Waals surface area contributed by atoms with Crippen LogP contribution in [0.3, 0.4) is 0 Å². The number of methoxy groups -OCH3 is 1. The molecule has 1 aromatic carbocycles. The minimum absolute atomic E-state index is 0.0813. The van der Waals surface area contributed by atoms with Crippen LogP contribution in [0.15, 0.2) is 64.2 Å². The van der Waals surface area contributed by atoms with Crippen molar-refractivity contribution in [1.82, 2.24) is 24.7 Å². The van der Waals surface area contributed by atoms with Crippen molar-refractivity contribution in [2.75, 3.05) is 36.5 Å². The van der Waals surface area contributed by atoms with E-state index < -0.39 is 0 Å². The zero-order chi connectivity index (χ0) is 24.4. The number of pyridine rings is 1. The Kier molecular flexibility index (Phi) is 6.28. The van der Waals surface area contributed by atoms with Crippen LogP contribution in [0.4, 0.5) is 11.6 Å². The summed E-state index contributed by atoms with van der Waals surface area (Å²) >= 11 is 0. The van der Waals surface area contributed by atoms with Gasteiger partial charge >= 0.3 is 0 Å². The molecule has 1 fully saturated rings. The lowest BCUT2D eigenvalue weighted by atomic mass is 10.1. The first kappa shape index (κ1) is 22.7. The van der Waals surface area contributed by atoms with Crippen molar-refractivity contribution in [2.45, 2.75) is 19.6 Å². The van der Waals surface area contributed by atoms with Crippen LogP contribution in [0.2, 0.25) is 0 Å². The molecule has 35 heavy (non-hydrogen) atoms. The van der Waals surface area contributed by atoms with E-state index in [2.05, 4.69) is 44.0 Å². The minimum atomic E-state index is -0.0813. The number of ether oxygens (including phenoxy) is 1. The van der Waals surface area contributed by atoms with Crippen molar-refractivity contribution in [3.05, 3.63) is 71.1 Å². The fraction of sp³-hybridized carbons (Fsp3) is 0.320. The number of benzene rings is 1. The summed E-state index contributed by atoms with van der Waals surface area (Å²) in [6.45, 7) is 4.80. The van der Waals surface area contributed by atoms with Gasteiger partial charge in [-0.1, -0.05) is 5.16 Å². The van der Waals surface area contributed by atoms with Crippen molar-refractivity contribution in [2.24, 2.45) is 7.05 Å². The quantitative estimate of drug-likeness (QED) is 0.418. The molecule has 4 aromatic rings. The molecule has 0 radical (unpaired) electrons. The van der Waals surface area contributed by atoms with Gasteiger partial charge in [-0.25, -0.2) is 4.98 Å². The van der Waals surface area contributed by atoms with Crippen LogP contribution in [0.25, 0.3) is 22.6 Å². The number of piperazine rings is 1. The molecule has 0 bridgehead atoms. The molecule has 1 aliphatic rings. The number of nitrogens with zero attached hydrogens (tertiary/aromatic N) is 7. The highest BCUT2D eigenvalue weighted by atomic mass is 16.5. The normalized spacial score (nSPS) is 16.0. The highest BCUT2D eigenvalue weighted by Gasteiger charge is 2.27. The number of hydrogen-bond acceptors (Lipinski definition) is 9. The average molecular weight is 474 g/mol. The van der Waals surface area contributed by atoms with E-state index in [1.807, 2.05) is 24.3 Å². The van der Waals surface area contributed by atoms with Crippen LogP contribution >= 0.6 is 0 Å². The molecule has 0 unspecified atom stereocenters. The van der Waals surface area contributed by atoms with E-state index in [1.54, 1.807) is 37.2 Å². The Labute approximate surface area is 202 Å². The summed E-state index contributed by atoms with van der Waals surface area (Å²) in [5, 5.41) is 4.02. The fourth-order valence-electron chi connectivity index (χ4n) is 4.32. The van der Waals surface area contributed by atoms with Crippen molar-refractivity contribution in [1.29, 1.82) is 0 Å². The Morgan fingerprint density at radius 1 is 1.06 bits per heavy atom. The maximum Gasteiger partial charge on any atom is 0.255 e. The monoisotopic (exact) mass is 473 g/mol. The molecule has 0 saturated carbocycles. The summed E-state index contributed by atoms with van der Waals surface area (Å²) in [7, 11) is 3.36. The predicted molar refractivity (Wildman–Crippen MR) is 132 cm³/mol. The maximum absolute atomic E-state index is 12.7. The smallest absolute Gasteiger partial charge is 0.255 e. The van der Waals surface area contributed by atoms with Gasteiger partial charge in [0.15, 0.2) is 0 Å². The molecule has 1 atom stereocenters. The van der Waals surface area contributed by atoms with Crippen molar-refractivity contribution < 1.29 is 9.26 Å². The molecule has 10 heteroatoms. The topological polar surface area (TPSA) is 102 Å². The average Bonchev–Trinajstić information content (AvgIpc) is 3.35. The van der Waals surface area contributed by atoms with Crippen LogP contribution in [-0.2, 0) is 18.4 Å². The van der Waals surface area contributed by atoms with Crippen molar-refractivity contribution in [3.8, 4) is 22.6 Å². The summed E-state index contributed by atoms with van der Waals surface area (Å²) in [5.74, 6) is 1.67. The molecule has 0 N–H and O–H groups in total. The Bertz CT molecular complexity index is 1350. The highest BCUT2D eigenvalue weighted by Crippen LogP contribution is 2.26. The van der Waals surface area contributed by atoms with Gasteiger partial charge in [0.1, 0.15) is 6.61 Å². The third-order valence-corrected chi connectivity index (χ3v) is 6.20. The molecule has 0 amide bonds. The number of anilines is 2. The lowest BCUT2D eigenvalue weighted by molar-refractivity contribution is 0.151. The van der Waals surface area contributed by atoms with Gasteiger partial charge in [0.05, 0.1) is 5.69 Å². The van der Waals surface area contributed by atoms with E-state index in [4.69, 9.17) is 14.2 Å². The van der Waals surface area contributed by atoms with Crippen LogP contribution < -0.4 is 15.4 Å². The van der Waals surface area contributed by atoms with Crippen molar-refractivity contribution >= 4 is 11.6 Å². The van der Waals surface area contributed by atoms with Gasteiger partial charge < -0.3 is 19.1 Å². The first-order valence-corrected chi connectivity index (χ1v) is 11.5. The third-order valence-electron chi connectivity index (χ3n) is 6.20. The second kappa shape index (κ2) is 9.67. The van der Waals surface area contributed by atoms with E-state index in [1.165, 1.54) is 0 Å². The van der Waals surface area contributed by atoms with Crippen LogP contribution in [0.1, 0.15) is 12.8 Å². The molecule has 1 saturated heterocycles. The summed E-state index contributed by atoms with van der Waals surface area (Å²) < 4.78 is 11.8. The molecule has 1 aliphatic heterocycles. The second-order valence-electron chi connectivity index (χ2n) is 8.55. The summed E-state index contributed by atoms with van der Waals surface area (Å²) in [5.41, 5.74) is 3.46. The number of rotatable bonds is 6. The van der Waals surface area contributed by atoms with Gasteiger partial charge in [0.25, 0.3) is 11.4 Å². The predicted octanol–water partition coefficient (Wildman–Crippen LogP) is 2.75. The van der Waals surface area contributed by atoms with Gasteiger partial charge in [-0.2, -0.15) is 4.98 Å². The first-order chi connectivity index (χ1) is 17.0. The van der Waals surface area contributed by atoms with Crippen LogP contribution in [0.5, 0.6) is 0 Å². The summed E-state index contributed by atoms with van der Waals surface area (Å²) in [6.07, 6.45) is 3.41. The molecule has 0 spiro atoms. The second-order valence-corrected chi connectivity index (χ2v) is 8.55. The Morgan fingerprint density at radius 3 is 2.54 bits per heavy atom. The van der Waals surface area contributed by atoms with Gasteiger partial charge in [-0.15, -0.1) is 0 Å². The van der Waals surface area contributed by atoms with E-state index in [9.17, 15) is 4.79 Å². The van der Waals surface area contributed by atoms with Crippen LogP contribution in [0, 0.1) is 0 Å². The number of hydrogen-bond donors (Lipinski definition) is 0. The Hall–Kier alpha value is -4.05. The SMILES string of the molecule is COCc1nc(-c2ccc(N3CCN(c4nc(-c5ccncc5)cc(=O)n4C)[C@H](C)C3)cc2)no1. The highest BCUT2D eigenvalue weighted by molar-refractivity contribution is 5.62. The Balaban J connectivity index is 1.32.